The highest BCUT2D eigenvalue weighted by Gasteiger charge is 2.32. The largest absolute Gasteiger partial charge is 0.399 e. The number of sulfonamides is 1. The number of aliphatic hydroxyl groups is 2. The predicted octanol–water partition coefficient (Wildman–Crippen LogP) is 1.56. The quantitative estimate of drug-likeness (QED) is 0.237. The summed E-state index contributed by atoms with van der Waals surface area (Å²) in [5.74, 6) is 0.0302. The van der Waals surface area contributed by atoms with Gasteiger partial charge in [0.15, 0.2) is 0 Å². The Kier molecular flexibility index (Phi) is 10.0. The van der Waals surface area contributed by atoms with Gasteiger partial charge >= 0.3 is 0 Å². The average molecular weight is 508 g/mol. The number of rotatable bonds is 13. The maximum atomic E-state index is 13.4. The van der Waals surface area contributed by atoms with E-state index in [9.17, 15) is 18.6 Å². The van der Waals surface area contributed by atoms with Gasteiger partial charge in [-0.1, -0.05) is 44.2 Å². The second-order valence-corrected chi connectivity index (χ2v) is 11.2. The summed E-state index contributed by atoms with van der Waals surface area (Å²) >= 11 is 0. The van der Waals surface area contributed by atoms with Crippen molar-refractivity contribution in [3.8, 4) is 0 Å². The monoisotopic (exact) mass is 507 g/mol. The van der Waals surface area contributed by atoms with E-state index in [1.54, 1.807) is 0 Å². The van der Waals surface area contributed by atoms with Gasteiger partial charge in [0.25, 0.3) is 0 Å². The average Bonchev–Trinajstić information content (AvgIpc) is 3.31. The van der Waals surface area contributed by atoms with Crippen LogP contribution in [0.2, 0.25) is 0 Å². The summed E-state index contributed by atoms with van der Waals surface area (Å²) in [7, 11) is -3.88. The van der Waals surface area contributed by atoms with Crippen molar-refractivity contribution < 1.29 is 28.1 Å². The number of benzene rings is 2. The van der Waals surface area contributed by atoms with Crippen LogP contribution in [0.5, 0.6) is 0 Å². The minimum atomic E-state index is -3.88. The number of nitrogens with two attached hydrogens (primary N) is 1. The lowest BCUT2D eigenvalue weighted by Gasteiger charge is -2.32. The molecule has 194 valence electrons. The number of aliphatic hydroxyl groups excluding tert-OH is 2. The van der Waals surface area contributed by atoms with E-state index in [1.807, 2.05) is 44.2 Å². The number of nitrogens with zero attached hydrogens (tertiary/aromatic N) is 1. The van der Waals surface area contributed by atoms with E-state index >= 15 is 0 Å². The van der Waals surface area contributed by atoms with E-state index in [1.165, 1.54) is 28.6 Å². The molecule has 5 N–H and O–H groups in total. The molecule has 0 aromatic heterocycles. The smallest absolute Gasteiger partial charge is 0.243 e. The summed E-state index contributed by atoms with van der Waals surface area (Å²) in [6.45, 7) is 4.86. The van der Waals surface area contributed by atoms with Gasteiger partial charge in [-0.2, -0.15) is 4.31 Å². The highest BCUT2D eigenvalue weighted by atomic mass is 32.2. The van der Waals surface area contributed by atoms with Crippen LogP contribution in [-0.4, -0.2) is 73.9 Å². The maximum Gasteiger partial charge on any atom is 0.243 e. The van der Waals surface area contributed by atoms with E-state index in [-0.39, 0.29) is 30.0 Å². The second kappa shape index (κ2) is 12.8. The van der Waals surface area contributed by atoms with E-state index in [4.69, 9.17) is 15.2 Å². The number of anilines is 1. The Balaban J connectivity index is 1.79. The molecule has 2 aromatic carbocycles. The van der Waals surface area contributed by atoms with Crippen LogP contribution in [0, 0.1) is 5.92 Å². The summed E-state index contributed by atoms with van der Waals surface area (Å²) in [6, 6.07) is 14.8. The zero-order valence-corrected chi connectivity index (χ0v) is 21.1. The van der Waals surface area contributed by atoms with E-state index < -0.39 is 28.6 Å². The molecule has 9 nitrogen and oxygen atoms in total. The van der Waals surface area contributed by atoms with Crippen molar-refractivity contribution in [1.29, 1.82) is 0 Å². The number of hydrogen-bond acceptors (Lipinski definition) is 8. The molecular weight excluding hydrogens is 470 g/mol. The highest BCUT2D eigenvalue weighted by Crippen LogP contribution is 2.20. The predicted molar refractivity (Wildman–Crippen MR) is 134 cm³/mol. The fourth-order valence-electron chi connectivity index (χ4n) is 4.00. The SMILES string of the molecule is CC(C)CN(CC(O)C(Cc1ccccc1)NC(O)OC1CCOC1)S(=O)(=O)c1ccc(N)cc1. The number of nitrogens with one attached hydrogen (secondary N) is 1. The lowest BCUT2D eigenvalue weighted by Crippen LogP contribution is -2.53. The van der Waals surface area contributed by atoms with Crippen LogP contribution in [0.15, 0.2) is 59.5 Å². The summed E-state index contributed by atoms with van der Waals surface area (Å²) in [4.78, 5) is 0.108. The molecule has 3 rings (SSSR count). The lowest BCUT2D eigenvalue weighted by molar-refractivity contribution is -0.162. The van der Waals surface area contributed by atoms with E-state index in [2.05, 4.69) is 5.32 Å². The molecule has 10 heteroatoms. The van der Waals surface area contributed by atoms with Crippen LogP contribution < -0.4 is 11.1 Å². The van der Waals surface area contributed by atoms with Crippen LogP contribution in [0.3, 0.4) is 0 Å². The van der Waals surface area contributed by atoms with Crippen molar-refractivity contribution in [3.63, 3.8) is 0 Å². The van der Waals surface area contributed by atoms with Crippen molar-refractivity contribution >= 4 is 15.7 Å². The summed E-state index contributed by atoms with van der Waals surface area (Å²) < 4.78 is 39.0. The van der Waals surface area contributed by atoms with Gasteiger partial charge in [-0.3, -0.25) is 5.32 Å². The Hall–Kier alpha value is -2.05. The lowest BCUT2D eigenvalue weighted by atomic mass is 10.0. The summed E-state index contributed by atoms with van der Waals surface area (Å²) in [5, 5.41) is 24.7. The van der Waals surface area contributed by atoms with Crippen LogP contribution >= 0.6 is 0 Å². The van der Waals surface area contributed by atoms with Crippen LogP contribution in [0.25, 0.3) is 0 Å². The van der Waals surface area contributed by atoms with Crippen molar-refractivity contribution in [2.24, 2.45) is 5.92 Å². The Morgan fingerprint density at radius 3 is 2.40 bits per heavy atom. The summed E-state index contributed by atoms with van der Waals surface area (Å²) in [5.41, 5.74) is 7.12. The molecule has 4 atom stereocenters. The second-order valence-electron chi connectivity index (χ2n) is 9.29. The first kappa shape index (κ1) is 27.5. The Morgan fingerprint density at radius 2 is 1.80 bits per heavy atom. The molecule has 1 saturated heterocycles. The minimum Gasteiger partial charge on any atom is -0.399 e. The van der Waals surface area contributed by atoms with Crippen molar-refractivity contribution in [2.75, 3.05) is 32.0 Å². The van der Waals surface area contributed by atoms with Crippen LogP contribution in [-0.2, 0) is 25.9 Å². The van der Waals surface area contributed by atoms with Crippen molar-refractivity contribution in [3.05, 3.63) is 60.2 Å². The zero-order valence-electron chi connectivity index (χ0n) is 20.3. The van der Waals surface area contributed by atoms with E-state index in [0.717, 1.165) is 5.56 Å². The topological polar surface area (TPSA) is 134 Å². The third-order valence-corrected chi connectivity index (χ3v) is 7.65. The van der Waals surface area contributed by atoms with Gasteiger partial charge in [-0.25, -0.2) is 8.42 Å². The van der Waals surface area contributed by atoms with Gasteiger partial charge < -0.3 is 25.4 Å². The molecule has 0 radical (unpaired) electrons. The first-order chi connectivity index (χ1) is 16.6. The van der Waals surface area contributed by atoms with Gasteiger partial charge in [-0.15, -0.1) is 0 Å². The first-order valence-corrected chi connectivity index (χ1v) is 13.3. The molecule has 35 heavy (non-hydrogen) atoms. The van der Waals surface area contributed by atoms with Crippen molar-refractivity contribution in [1.82, 2.24) is 9.62 Å². The van der Waals surface area contributed by atoms with Gasteiger partial charge in [-0.05, 0) is 48.6 Å². The molecule has 0 bridgehead atoms. The van der Waals surface area contributed by atoms with Gasteiger partial charge in [0.1, 0.15) is 0 Å². The molecule has 0 aliphatic carbocycles. The molecule has 1 fully saturated rings. The van der Waals surface area contributed by atoms with Gasteiger partial charge in [0.05, 0.1) is 23.7 Å². The number of nitrogen functional groups attached to an aromatic ring is 1. The normalized spacial score (nSPS) is 19.2. The van der Waals surface area contributed by atoms with Crippen LogP contribution in [0.1, 0.15) is 25.8 Å². The van der Waals surface area contributed by atoms with Gasteiger partial charge in [0.2, 0.25) is 16.4 Å². The molecule has 0 saturated carbocycles. The molecule has 4 unspecified atom stereocenters. The molecule has 0 spiro atoms. The fourth-order valence-corrected chi connectivity index (χ4v) is 5.62. The molecule has 0 amide bonds. The third-order valence-electron chi connectivity index (χ3n) is 5.81. The Morgan fingerprint density at radius 1 is 1.11 bits per heavy atom. The van der Waals surface area contributed by atoms with Gasteiger partial charge in [0, 0.05) is 31.4 Å². The van der Waals surface area contributed by atoms with Crippen LogP contribution in [0.4, 0.5) is 5.69 Å². The first-order valence-electron chi connectivity index (χ1n) is 11.9. The Bertz CT molecular complexity index is 998. The summed E-state index contributed by atoms with van der Waals surface area (Å²) in [6.07, 6.45) is -1.67. The number of hydrogen-bond donors (Lipinski definition) is 4. The highest BCUT2D eigenvalue weighted by molar-refractivity contribution is 7.89. The fraction of sp³-hybridized carbons (Fsp3) is 0.520. The molecule has 2 aromatic rings. The minimum absolute atomic E-state index is 0.0302. The molecular formula is C25H37N3O6S. The Labute approximate surface area is 207 Å². The standard InChI is InChI=1S/C25H37N3O6S/c1-18(2)15-28(35(31,32)22-10-8-20(26)9-11-22)16-24(29)23(14-19-6-4-3-5-7-19)27-25(30)34-21-12-13-33-17-21/h3-11,18,21,23-25,27,29-30H,12-17,26H2,1-2H3. The third kappa shape index (κ3) is 8.25. The molecule has 1 aliphatic heterocycles. The van der Waals surface area contributed by atoms with E-state index in [0.29, 0.717) is 31.7 Å². The zero-order chi connectivity index (χ0) is 25.4. The number of ether oxygens (including phenoxy) is 2. The molecule has 1 aliphatic rings. The van der Waals surface area contributed by atoms with Crippen molar-refractivity contribution in [2.45, 2.75) is 56.2 Å². The maximum absolute atomic E-state index is 13.4. The molecule has 1 heterocycles.